The number of halogens is 1. The van der Waals surface area contributed by atoms with Gasteiger partial charge in [0.05, 0.1) is 23.3 Å². The minimum absolute atomic E-state index is 0.00859. The number of benzene rings is 1. The van der Waals surface area contributed by atoms with Gasteiger partial charge in [-0.05, 0) is 34.5 Å². The van der Waals surface area contributed by atoms with Crippen molar-refractivity contribution in [2.75, 3.05) is 12.8 Å². The second-order valence-electron chi connectivity index (χ2n) is 3.54. The monoisotopic (exact) mass is 298 g/mol. The van der Waals surface area contributed by atoms with Gasteiger partial charge in [0, 0.05) is 5.56 Å². The highest BCUT2D eigenvalue weighted by Crippen LogP contribution is 2.45. The van der Waals surface area contributed by atoms with E-state index in [2.05, 4.69) is 21.1 Å². The van der Waals surface area contributed by atoms with Gasteiger partial charge in [0.25, 0.3) is 0 Å². The van der Waals surface area contributed by atoms with Crippen LogP contribution in [0.5, 0.6) is 11.5 Å². The van der Waals surface area contributed by atoms with Crippen LogP contribution in [0.3, 0.4) is 0 Å². The van der Waals surface area contributed by atoms with Gasteiger partial charge in [0.15, 0.2) is 11.5 Å². The SMILES string of the molecule is COc1c(Br)cc(C)c(-c2cnoc2N)c1O. The number of hydrogen-bond acceptors (Lipinski definition) is 5. The van der Waals surface area contributed by atoms with Crippen LogP contribution in [-0.4, -0.2) is 17.4 Å². The van der Waals surface area contributed by atoms with Crippen molar-refractivity contribution in [2.24, 2.45) is 0 Å². The van der Waals surface area contributed by atoms with Crippen LogP contribution in [-0.2, 0) is 0 Å². The average molecular weight is 299 g/mol. The summed E-state index contributed by atoms with van der Waals surface area (Å²) < 4.78 is 10.6. The summed E-state index contributed by atoms with van der Waals surface area (Å²) in [4.78, 5) is 0. The molecule has 5 nitrogen and oxygen atoms in total. The lowest BCUT2D eigenvalue weighted by Crippen LogP contribution is -1.93. The van der Waals surface area contributed by atoms with E-state index in [1.165, 1.54) is 13.3 Å². The molecule has 0 bridgehead atoms. The lowest BCUT2D eigenvalue weighted by molar-refractivity contribution is 0.372. The number of rotatable bonds is 2. The fourth-order valence-electron chi connectivity index (χ4n) is 1.71. The van der Waals surface area contributed by atoms with Gasteiger partial charge in [-0.25, -0.2) is 0 Å². The lowest BCUT2D eigenvalue weighted by atomic mass is 10.0. The third-order valence-electron chi connectivity index (χ3n) is 2.48. The van der Waals surface area contributed by atoms with Crippen LogP contribution < -0.4 is 10.5 Å². The Morgan fingerprint density at radius 1 is 1.53 bits per heavy atom. The number of nitrogens with two attached hydrogens (primary N) is 1. The van der Waals surface area contributed by atoms with E-state index >= 15 is 0 Å². The molecule has 1 aromatic heterocycles. The van der Waals surface area contributed by atoms with Crippen molar-refractivity contribution >= 4 is 21.8 Å². The molecule has 0 aliphatic heterocycles. The van der Waals surface area contributed by atoms with Crippen LogP contribution >= 0.6 is 15.9 Å². The normalized spacial score (nSPS) is 10.5. The summed E-state index contributed by atoms with van der Waals surface area (Å²) in [6, 6.07) is 1.83. The van der Waals surface area contributed by atoms with E-state index < -0.39 is 0 Å². The molecule has 1 heterocycles. The third-order valence-corrected chi connectivity index (χ3v) is 3.07. The van der Waals surface area contributed by atoms with E-state index in [9.17, 15) is 5.11 Å². The zero-order valence-electron chi connectivity index (χ0n) is 9.32. The van der Waals surface area contributed by atoms with Crippen molar-refractivity contribution in [1.29, 1.82) is 0 Å². The molecule has 0 aliphatic rings. The molecule has 0 fully saturated rings. The van der Waals surface area contributed by atoms with Gasteiger partial charge in [0.1, 0.15) is 0 Å². The van der Waals surface area contributed by atoms with Crippen molar-refractivity contribution in [1.82, 2.24) is 5.16 Å². The smallest absolute Gasteiger partial charge is 0.230 e. The first-order valence-corrected chi connectivity index (χ1v) is 5.62. The Morgan fingerprint density at radius 2 is 2.24 bits per heavy atom. The molecular formula is C11H11BrN2O3. The van der Waals surface area contributed by atoms with E-state index in [0.29, 0.717) is 21.3 Å². The van der Waals surface area contributed by atoms with Gasteiger partial charge in [-0.15, -0.1) is 0 Å². The van der Waals surface area contributed by atoms with Crippen LogP contribution in [0, 0.1) is 6.92 Å². The first-order chi connectivity index (χ1) is 8.06. The first kappa shape index (κ1) is 11.8. The lowest BCUT2D eigenvalue weighted by Gasteiger charge is -2.12. The molecule has 90 valence electrons. The van der Waals surface area contributed by atoms with E-state index in [0.717, 1.165) is 5.56 Å². The fraction of sp³-hybridized carbons (Fsp3) is 0.182. The minimum atomic E-state index is 0.00859. The van der Waals surface area contributed by atoms with Gasteiger partial charge >= 0.3 is 0 Å². The molecule has 0 saturated carbocycles. The van der Waals surface area contributed by atoms with E-state index in [1.807, 2.05) is 13.0 Å². The van der Waals surface area contributed by atoms with Crippen LogP contribution in [0.15, 0.2) is 21.3 Å². The molecule has 3 N–H and O–H groups in total. The molecule has 0 radical (unpaired) electrons. The number of methoxy groups -OCH3 is 1. The van der Waals surface area contributed by atoms with Gasteiger partial charge < -0.3 is 20.1 Å². The zero-order chi connectivity index (χ0) is 12.6. The second kappa shape index (κ2) is 4.29. The molecule has 1 aromatic carbocycles. The molecule has 2 rings (SSSR count). The zero-order valence-corrected chi connectivity index (χ0v) is 10.9. The van der Waals surface area contributed by atoms with Crippen molar-refractivity contribution in [3.05, 3.63) is 22.3 Å². The summed E-state index contributed by atoms with van der Waals surface area (Å²) in [5.41, 5.74) is 7.59. The highest BCUT2D eigenvalue weighted by Gasteiger charge is 2.20. The largest absolute Gasteiger partial charge is 0.504 e. The maximum Gasteiger partial charge on any atom is 0.230 e. The fourth-order valence-corrected chi connectivity index (χ4v) is 2.40. The summed E-state index contributed by atoms with van der Waals surface area (Å²) in [7, 11) is 1.48. The summed E-state index contributed by atoms with van der Waals surface area (Å²) in [5, 5.41) is 13.8. The number of aromatic nitrogens is 1. The van der Waals surface area contributed by atoms with Crippen LogP contribution in [0.1, 0.15) is 5.56 Å². The molecule has 0 atom stereocenters. The van der Waals surface area contributed by atoms with Crippen molar-refractivity contribution < 1.29 is 14.4 Å². The average Bonchev–Trinajstić information content (AvgIpc) is 2.65. The Labute approximate surface area is 106 Å². The number of nitrogen functional groups attached to an aromatic ring is 1. The molecular weight excluding hydrogens is 288 g/mol. The molecule has 0 unspecified atom stereocenters. The maximum absolute atomic E-state index is 10.2. The number of ether oxygens (including phenoxy) is 1. The van der Waals surface area contributed by atoms with Crippen LogP contribution in [0.4, 0.5) is 5.88 Å². The van der Waals surface area contributed by atoms with Crippen LogP contribution in [0.25, 0.3) is 11.1 Å². The number of aryl methyl sites for hydroxylation is 1. The van der Waals surface area contributed by atoms with Gasteiger partial charge in [-0.1, -0.05) is 5.16 Å². The summed E-state index contributed by atoms with van der Waals surface area (Å²) in [6.07, 6.45) is 1.46. The van der Waals surface area contributed by atoms with Gasteiger partial charge in [-0.2, -0.15) is 0 Å². The first-order valence-electron chi connectivity index (χ1n) is 4.82. The molecule has 6 heteroatoms. The summed E-state index contributed by atoms with van der Waals surface area (Å²) >= 11 is 3.32. The van der Waals surface area contributed by atoms with Crippen molar-refractivity contribution in [3.63, 3.8) is 0 Å². The molecule has 0 aliphatic carbocycles. The van der Waals surface area contributed by atoms with Crippen molar-refractivity contribution in [2.45, 2.75) is 6.92 Å². The predicted molar refractivity (Wildman–Crippen MR) is 67.0 cm³/mol. The number of nitrogens with zero attached hydrogens (tertiary/aromatic N) is 1. The Hall–Kier alpha value is -1.69. The van der Waals surface area contributed by atoms with Gasteiger partial charge in [-0.3, -0.25) is 0 Å². The van der Waals surface area contributed by atoms with Crippen LogP contribution in [0.2, 0.25) is 0 Å². The number of anilines is 1. The number of aromatic hydroxyl groups is 1. The molecule has 0 saturated heterocycles. The number of phenols is 1. The quantitative estimate of drug-likeness (QED) is 0.891. The van der Waals surface area contributed by atoms with E-state index in [-0.39, 0.29) is 11.6 Å². The standard InChI is InChI=1S/C11H11BrN2O3/c1-5-3-7(12)10(16-2)9(15)8(5)6-4-14-17-11(6)13/h3-4,15H,13H2,1-2H3. The van der Waals surface area contributed by atoms with E-state index in [4.69, 9.17) is 15.0 Å². The predicted octanol–water partition coefficient (Wildman–Crippen LogP) is 2.71. The highest BCUT2D eigenvalue weighted by atomic mass is 79.9. The minimum Gasteiger partial charge on any atom is -0.504 e. The van der Waals surface area contributed by atoms with Gasteiger partial charge in [0.2, 0.25) is 5.88 Å². The third kappa shape index (κ3) is 1.84. The molecule has 0 spiro atoms. The Balaban J connectivity index is 2.74. The number of phenolic OH excluding ortho intramolecular Hbond substituents is 1. The second-order valence-corrected chi connectivity index (χ2v) is 4.39. The number of hydrogen-bond donors (Lipinski definition) is 2. The molecule has 17 heavy (non-hydrogen) atoms. The Morgan fingerprint density at radius 3 is 2.76 bits per heavy atom. The Kier molecular flexibility index (Phi) is 2.97. The highest BCUT2D eigenvalue weighted by molar-refractivity contribution is 9.10. The molecule has 0 amide bonds. The summed E-state index contributed by atoms with van der Waals surface area (Å²) in [6.45, 7) is 1.85. The topological polar surface area (TPSA) is 81.5 Å². The van der Waals surface area contributed by atoms with E-state index in [1.54, 1.807) is 0 Å². The summed E-state index contributed by atoms with van der Waals surface area (Å²) in [5.74, 6) is 0.522. The maximum atomic E-state index is 10.2. The van der Waals surface area contributed by atoms with Crippen molar-refractivity contribution in [3.8, 4) is 22.6 Å². The Bertz CT molecular complexity index is 566. The molecule has 2 aromatic rings.